The van der Waals surface area contributed by atoms with E-state index in [1.165, 1.54) is 0 Å². The van der Waals surface area contributed by atoms with E-state index < -0.39 is 0 Å². The van der Waals surface area contributed by atoms with E-state index in [2.05, 4.69) is 14.8 Å². The molecule has 1 heterocycles. The minimum Gasteiger partial charge on any atom is -0.396 e. The molecule has 15 heavy (non-hydrogen) atoms. The fraction of sp³-hybridized carbons (Fsp3) is 0.500. The number of nitrogen functional groups attached to an aromatic ring is 2. The predicted molar refractivity (Wildman–Crippen MR) is 64.9 cm³/mol. The summed E-state index contributed by atoms with van der Waals surface area (Å²) in [5.41, 5.74) is 11.8. The molecule has 5 nitrogen and oxygen atoms in total. The monoisotopic (exact) mass is 209 g/mol. The first-order chi connectivity index (χ1) is 7.00. The molecule has 0 saturated heterocycles. The summed E-state index contributed by atoms with van der Waals surface area (Å²) in [4.78, 5) is 8.38. The first-order valence-electron chi connectivity index (χ1n) is 4.88. The first-order valence-corrected chi connectivity index (χ1v) is 4.88. The van der Waals surface area contributed by atoms with Gasteiger partial charge in [-0.15, -0.1) is 0 Å². The number of nitrogens with zero attached hydrogens (tertiary/aromatic N) is 3. The van der Waals surface area contributed by atoms with Crippen LogP contribution in [-0.4, -0.2) is 44.1 Å². The number of aromatic nitrogens is 1. The predicted octanol–water partition coefficient (Wildman–Crippen LogP) is 0.244. The molecule has 0 atom stereocenters. The van der Waals surface area contributed by atoms with Crippen LogP contribution >= 0.6 is 0 Å². The zero-order chi connectivity index (χ0) is 11.4. The Morgan fingerprint density at radius 1 is 1.13 bits per heavy atom. The molecule has 84 valence electrons. The summed E-state index contributed by atoms with van der Waals surface area (Å²) in [7, 11) is 6.07. The highest BCUT2D eigenvalue weighted by molar-refractivity contribution is 5.61. The molecule has 0 aromatic carbocycles. The van der Waals surface area contributed by atoms with Gasteiger partial charge in [0.1, 0.15) is 11.6 Å². The third-order valence-electron chi connectivity index (χ3n) is 2.22. The van der Waals surface area contributed by atoms with Gasteiger partial charge in [0.15, 0.2) is 0 Å². The summed E-state index contributed by atoms with van der Waals surface area (Å²) in [6, 6.07) is 3.66. The van der Waals surface area contributed by atoms with Crippen molar-refractivity contribution in [3.05, 3.63) is 12.1 Å². The fourth-order valence-corrected chi connectivity index (χ4v) is 1.15. The summed E-state index contributed by atoms with van der Waals surface area (Å²) in [5.74, 6) is 1.24. The maximum Gasteiger partial charge on any atom is 0.149 e. The Balaban J connectivity index is 2.65. The average Bonchev–Trinajstić information content (AvgIpc) is 2.18. The number of hydrogen-bond acceptors (Lipinski definition) is 5. The summed E-state index contributed by atoms with van der Waals surface area (Å²) in [6.45, 7) is 1.88. The SMILES string of the molecule is CN(C)CCN(C)c1ccc(N)c(N)n1. The largest absolute Gasteiger partial charge is 0.396 e. The van der Waals surface area contributed by atoms with Gasteiger partial charge < -0.3 is 21.3 Å². The Hall–Kier alpha value is -1.49. The van der Waals surface area contributed by atoms with Gasteiger partial charge in [0.2, 0.25) is 0 Å². The fourth-order valence-electron chi connectivity index (χ4n) is 1.15. The zero-order valence-electron chi connectivity index (χ0n) is 9.57. The topological polar surface area (TPSA) is 71.4 Å². The molecule has 0 radical (unpaired) electrons. The van der Waals surface area contributed by atoms with Gasteiger partial charge in [0.25, 0.3) is 0 Å². The normalized spacial score (nSPS) is 10.7. The van der Waals surface area contributed by atoms with Gasteiger partial charge in [-0.25, -0.2) is 4.98 Å². The van der Waals surface area contributed by atoms with Crippen LogP contribution in [0.25, 0.3) is 0 Å². The minimum absolute atomic E-state index is 0.393. The highest BCUT2D eigenvalue weighted by Gasteiger charge is 2.04. The van der Waals surface area contributed by atoms with Crippen LogP contribution in [0.1, 0.15) is 0 Å². The van der Waals surface area contributed by atoms with Crippen LogP contribution in [0.3, 0.4) is 0 Å². The first kappa shape index (κ1) is 11.6. The second-order valence-corrected chi connectivity index (χ2v) is 3.87. The van der Waals surface area contributed by atoms with Gasteiger partial charge in [0, 0.05) is 20.1 Å². The Morgan fingerprint density at radius 3 is 2.33 bits per heavy atom. The molecule has 0 aliphatic heterocycles. The zero-order valence-corrected chi connectivity index (χ0v) is 9.57. The van der Waals surface area contributed by atoms with Gasteiger partial charge in [-0.05, 0) is 26.2 Å². The van der Waals surface area contributed by atoms with Crippen molar-refractivity contribution in [2.24, 2.45) is 0 Å². The van der Waals surface area contributed by atoms with Gasteiger partial charge in [-0.2, -0.15) is 0 Å². The molecule has 0 saturated carbocycles. The number of rotatable bonds is 4. The van der Waals surface area contributed by atoms with E-state index in [1.54, 1.807) is 6.07 Å². The van der Waals surface area contributed by atoms with E-state index in [0.29, 0.717) is 11.5 Å². The van der Waals surface area contributed by atoms with Crippen LogP contribution in [0, 0.1) is 0 Å². The Labute approximate surface area is 90.7 Å². The van der Waals surface area contributed by atoms with Crippen molar-refractivity contribution in [2.45, 2.75) is 0 Å². The van der Waals surface area contributed by atoms with Crippen molar-refractivity contribution < 1.29 is 0 Å². The van der Waals surface area contributed by atoms with Gasteiger partial charge in [-0.1, -0.05) is 0 Å². The quantitative estimate of drug-likeness (QED) is 0.743. The van der Waals surface area contributed by atoms with E-state index in [1.807, 2.05) is 27.2 Å². The summed E-state index contributed by atoms with van der Waals surface area (Å²) in [5, 5.41) is 0. The number of nitrogens with two attached hydrogens (primary N) is 2. The molecule has 1 aromatic heterocycles. The second-order valence-electron chi connectivity index (χ2n) is 3.87. The van der Waals surface area contributed by atoms with Crippen LogP contribution in [0.2, 0.25) is 0 Å². The lowest BCUT2D eigenvalue weighted by molar-refractivity contribution is 0.416. The van der Waals surface area contributed by atoms with Gasteiger partial charge in [0.05, 0.1) is 5.69 Å². The molecule has 1 rings (SSSR count). The van der Waals surface area contributed by atoms with E-state index >= 15 is 0 Å². The summed E-state index contributed by atoms with van der Waals surface area (Å²) < 4.78 is 0. The van der Waals surface area contributed by atoms with Gasteiger partial charge in [-0.3, -0.25) is 0 Å². The third kappa shape index (κ3) is 3.28. The molecule has 1 aromatic rings. The summed E-state index contributed by atoms with van der Waals surface area (Å²) >= 11 is 0. The van der Waals surface area contributed by atoms with Crippen molar-refractivity contribution in [1.29, 1.82) is 0 Å². The number of likely N-dealkylation sites (N-methyl/N-ethyl adjacent to an activating group) is 2. The maximum atomic E-state index is 5.64. The maximum absolute atomic E-state index is 5.64. The number of hydrogen-bond donors (Lipinski definition) is 2. The van der Waals surface area contributed by atoms with Crippen LogP contribution in [0.15, 0.2) is 12.1 Å². The molecule has 0 fully saturated rings. The van der Waals surface area contributed by atoms with Crippen LogP contribution in [0.4, 0.5) is 17.3 Å². The van der Waals surface area contributed by atoms with Crippen LogP contribution in [0.5, 0.6) is 0 Å². The van der Waals surface area contributed by atoms with Crippen molar-refractivity contribution in [3.8, 4) is 0 Å². The second kappa shape index (κ2) is 4.84. The number of pyridine rings is 1. The lowest BCUT2D eigenvalue weighted by atomic mass is 10.3. The highest BCUT2D eigenvalue weighted by Crippen LogP contribution is 2.16. The molecule has 0 aliphatic rings. The Morgan fingerprint density at radius 2 is 1.80 bits per heavy atom. The van der Waals surface area contributed by atoms with Crippen LogP contribution < -0.4 is 16.4 Å². The van der Waals surface area contributed by atoms with E-state index in [0.717, 1.165) is 18.9 Å². The number of anilines is 3. The Bertz CT molecular complexity index is 324. The molecular weight excluding hydrogens is 190 g/mol. The van der Waals surface area contributed by atoms with Crippen LogP contribution in [-0.2, 0) is 0 Å². The molecule has 0 amide bonds. The highest BCUT2D eigenvalue weighted by atomic mass is 15.2. The van der Waals surface area contributed by atoms with E-state index in [9.17, 15) is 0 Å². The summed E-state index contributed by atoms with van der Waals surface area (Å²) in [6.07, 6.45) is 0. The lowest BCUT2D eigenvalue weighted by Gasteiger charge is -2.20. The van der Waals surface area contributed by atoms with Gasteiger partial charge >= 0.3 is 0 Å². The molecule has 0 unspecified atom stereocenters. The van der Waals surface area contributed by atoms with Crippen molar-refractivity contribution in [1.82, 2.24) is 9.88 Å². The standard InChI is InChI=1S/C10H19N5/c1-14(2)6-7-15(3)9-5-4-8(11)10(12)13-9/h4-5H,6-7,11H2,1-3H3,(H2,12,13). The lowest BCUT2D eigenvalue weighted by Crippen LogP contribution is -2.29. The van der Waals surface area contributed by atoms with E-state index in [4.69, 9.17) is 11.5 Å². The average molecular weight is 209 g/mol. The van der Waals surface area contributed by atoms with E-state index in [-0.39, 0.29) is 0 Å². The smallest absolute Gasteiger partial charge is 0.149 e. The van der Waals surface area contributed by atoms with Crippen molar-refractivity contribution in [3.63, 3.8) is 0 Å². The molecule has 0 aliphatic carbocycles. The molecule has 0 bridgehead atoms. The minimum atomic E-state index is 0.393. The molecule has 4 N–H and O–H groups in total. The third-order valence-corrected chi connectivity index (χ3v) is 2.22. The Kier molecular flexibility index (Phi) is 3.74. The van der Waals surface area contributed by atoms with Crippen molar-refractivity contribution in [2.75, 3.05) is 50.6 Å². The molecule has 5 heteroatoms. The molecular formula is C10H19N5. The van der Waals surface area contributed by atoms with Crippen molar-refractivity contribution >= 4 is 17.3 Å². The molecule has 0 spiro atoms.